The van der Waals surface area contributed by atoms with E-state index in [1.165, 1.54) is 18.5 Å². The summed E-state index contributed by atoms with van der Waals surface area (Å²) >= 11 is 0. The van der Waals surface area contributed by atoms with Crippen LogP contribution in [0.25, 0.3) is 0 Å². The first-order chi connectivity index (χ1) is 14.8. The summed E-state index contributed by atoms with van der Waals surface area (Å²) < 4.78 is 5.43. The second-order valence-electron chi connectivity index (χ2n) is 8.25. The summed E-state index contributed by atoms with van der Waals surface area (Å²) in [6.45, 7) is 15.7. The number of ether oxygens (including phenoxy) is 1. The standard InChI is InChI=1S/C24H41N5O/c1-3-23(22-10-6-5-7-11-22)28-14-16-29(17-15-28)24(25-4-2)26-12-8-9-13-27-18-20-30-21-19-27/h5-7,10-11,23H,3-4,8-9,12-21H2,1-2H3,(H,25,26). The smallest absolute Gasteiger partial charge is 0.194 e. The number of morpholine rings is 1. The zero-order valence-electron chi connectivity index (χ0n) is 19.1. The second kappa shape index (κ2) is 12.9. The molecule has 0 aliphatic carbocycles. The summed E-state index contributed by atoms with van der Waals surface area (Å²) in [6.07, 6.45) is 3.52. The van der Waals surface area contributed by atoms with Crippen molar-refractivity contribution in [1.82, 2.24) is 20.0 Å². The SMILES string of the molecule is CCNC(=NCCCCN1CCOCC1)N1CCN(C(CC)c2ccccc2)CC1. The molecule has 1 aromatic carbocycles. The fraction of sp³-hybridized carbons (Fsp3) is 0.708. The second-order valence-corrected chi connectivity index (χ2v) is 8.25. The third-order valence-electron chi connectivity index (χ3n) is 6.21. The fourth-order valence-electron chi connectivity index (χ4n) is 4.51. The van der Waals surface area contributed by atoms with Gasteiger partial charge in [0, 0.05) is 58.4 Å². The molecule has 0 aromatic heterocycles. The van der Waals surface area contributed by atoms with E-state index in [1.807, 2.05) is 0 Å². The van der Waals surface area contributed by atoms with Crippen LogP contribution in [0.5, 0.6) is 0 Å². The molecule has 2 aliphatic heterocycles. The molecule has 0 bridgehead atoms. The minimum absolute atomic E-state index is 0.521. The van der Waals surface area contributed by atoms with Crippen LogP contribution >= 0.6 is 0 Å². The normalized spacial score (nSPS) is 20.3. The van der Waals surface area contributed by atoms with Gasteiger partial charge < -0.3 is 15.0 Å². The van der Waals surface area contributed by atoms with Crippen LogP contribution in [0.3, 0.4) is 0 Å². The highest BCUT2D eigenvalue weighted by atomic mass is 16.5. The molecule has 30 heavy (non-hydrogen) atoms. The van der Waals surface area contributed by atoms with E-state index in [9.17, 15) is 0 Å². The maximum absolute atomic E-state index is 5.43. The molecule has 2 aliphatic rings. The highest BCUT2D eigenvalue weighted by molar-refractivity contribution is 5.80. The molecule has 2 fully saturated rings. The Balaban J connectivity index is 1.44. The number of unbranched alkanes of at least 4 members (excludes halogenated alkanes) is 1. The molecule has 0 saturated carbocycles. The summed E-state index contributed by atoms with van der Waals surface area (Å²) in [7, 11) is 0. The number of rotatable bonds is 9. The van der Waals surface area contributed by atoms with Crippen molar-refractivity contribution in [3.8, 4) is 0 Å². The van der Waals surface area contributed by atoms with Crippen LogP contribution < -0.4 is 5.32 Å². The Morgan fingerprint density at radius 1 is 1.00 bits per heavy atom. The van der Waals surface area contributed by atoms with Crippen LogP contribution in [-0.2, 0) is 4.74 Å². The summed E-state index contributed by atoms with van der Waals surface area (Å²) in [4.78, 5) is 12.5. The molecule has 1 aromatic rings. The molecule has 0 amide bonds. The van der Waals surface area contributed by atoms with E-state index in [2.05, 4.69) is 64.2 Å². The van der Waals surface area contributed by atoms with E-state index in [0.717, 1.165) is 84.4 Å². The van der Waals surface area contributed by atoms with Crippen LogP contribution in [0.2, 0.25) is 0 Å². The van der Waals surface area contributed by atoms with Gasteiger partial charge in [0.15, 0.2) is 5.96 Å². The first-order valence-electron chi connectivity index (χ1n) is 11.9. The van der Waals surface area contributed by atoms with E-state index in [0.29, 0.717) is 6.04 Å². The number of aliphatic imine (C=N–C) groups is 1. The predicted octanol–water partition coefficient (Wildman–Crippen LogP) is 2.83. The van der Waals surface area contributed by atoms with Crippen molar-refractivity contribution in [1.29, 1.82) is 0 Å². The monoisotopic (exact) mass is 415 g/mol. The minimum atomic E-state index is 0.521. The number of hydrogen-bond acceptors (Lipinski definition) is 4. The van der Waals surface area contributed by atoms with E-state index in [-0.39, 0.29) is 0 Å². The maximum atomic E-state index is 5.43. The molecule has 1 N–H and O–H groups in total. The van der Waals surface area contributed by atoms with Crippen LogP contribution in [0.1, 0.15) is 44.7 Å². The van der Waals surface area contributed by atoms with Crippen molar-refractivity contribution in [2.75, 3.05) is 72.1 Å². The Kier molecular flexibility index (Phi) is 9.93. The molecule has 1 unspecified atom stereocenters. The Hall–Kier alpha value is -1.63. The van der Waals surface area contributed by atoms with Gasteiger partial charge in [-0.15, -0.1) is 0 Å². The molecule has 168 valence electrons. The van der Waals surface area contributed by atoms with Crippen molar-refractivity contribution in [2.45, 2.75) is 39.2 Å². The lowest BCUT2D eigenvalue weighted by molar-refractivity contribution is 0.0373. The number of guanidine groups is 1. The molecule has 0 spiro atoms. The van der Waals surface area contributed by atoms with Crippen molar-refractivity contribution >= 4 is 5.96 Å². The number of nitrogens with one attached hydrogen (secondary N) is 1. The number of piperazine rings is 1. The van der Waals surface area contributed by atoms with Crippen molar-refractivity contribution in [2.24, 2.45) is 4.99 Å². The molecule has 0 radical (unpaired) electrons. The predicted molar refractivity (Wildman–Crippen MR) is 125 cm³/mol. The van der Waals surface area contributed by atoms with Gasteiger partial charge in [0.25, 0.3) is 0 Å². The average molecular weight is 416 g/mol. The molecule has 2 saturated heterocycles. The summed E-state index contributed by atoms with van der Waals surface area (Å²) in [5.41, 5.74) is 1.44. The largest absolute Gasteiger partial charge is 0.379 e. The minimum Gasteiger partial charge on any atom is -0.379 e. The van der Waals surface area contributed by atoms with Gasteiger partial charge in [-0.1, -0.05) is 37.3 Å². The molecule has 3 rings (SSSR count). The summed E-state index contributed by atoms with van der Waals surface area (Å²) in [6, 6.07) is 11.5. The molecule has 2 heterocycles. The third-order valence-corrected chi connectivity index (χ3v) is 6.21. The number of hydrogen-bond donors (Lipinski definition) is 1. The lowest BCUT2D eigenvalue weighted by Gasteiger charge is -2.40. The first kappa shape index (κ1) is 23.0. The molecular formula is C24H41N5O. The van der Waals surface area contributed by atoms with Gasteiger partial charge in [-0.05, 0) is 38.3 Å². The Bertz CT molecular complexity index is 609. The number of nitrogens with zero attached hydrogens (tertiary/aromatic N) is 4. The van der Waals surface area contributed by atoms with Crippen LogP contribution in [0, 0.1) is 0 Å². The Morgan fingerprint density at radius 3 is 2.40 bits per heavy atom. The molecule has 6 heteroatoms. The molecular weight excluding hydrogens is 374 g/mol. The Labute approximate surface area is 183 Å². The summed E-state index contributed by atoms with van der Waals surface area (Å²) in [5, 5.41) is 3.51. The van der Waals surface area contributed by atoms with Gasteiger partial charge in [-0.25, -0.2) is 0 Å². The van der Waals surface area contributed by atoms with Gasteiger partial charge >= 0.3 is 0 Å². The lowest BCUT2D eigenvalue weighted by Crippen LogP contribution is -2.53. The maximum Gasteiger partial charge on any atom is 0.194 e. The van der Waals surface area contributed by atoms with Gasteiger partial charge in [-0.2, -0.15) is 0 Å². The third kappa shape index (κ3) is 6.96. The van der Waals surface area contributed by atoms with E-state index < -0.39 is 0 Å². The highest BCUT2D eigenvalue weighted by Crippen LogP contribution is 2.25. The highest BCUT2D eigenvalue weighted by Gasteiger charge is 2.25. The van der Waals surface area contributed by atoms with Crippen molar-refractivity contribution in [3.05, 3.63) is 35.9 Å². The Morgan fingerprint density at radius 2 is 1.73 bits per heavy atom. The average Bonchev–Trinajstić information content (AvgIpc) is 2.81. The summed E-state index contributed by atoms with van der Waals surface area (Å²) in [5.74, 6) is 1.09. The van der Waals surface area contributed by atoms with Gasteiger partial charge in [0.05, 0.1) is 13.2 Å². The van der Waals surface area contributed by atoms with Crippen LogP contribution in [0.15, 0.2) is 35.3 Å². The molecule has 6 nitrogen and oxygen atoms in total. The van der Waals surface area contributed by atoms with Gasteiger partial charge in [0.2, 0.25) is 0 Å². The number of benzene rings is 1. The van der Waals surface area contributed by atoms with E-state index in [1.54, 1.807) is 0 Å². The quantitative estimate of drug-likeness (QED) is 0.382. The van der Waals surface area contributed by atoms with Crippen molar-refractivity contribution < 1.29 is 4.74 Å². The zero-order chi connectivity index (χ0) is 21.0. The molecule has 1 atom stereocenters. The topological polar surface area (TPSA) is 43.3 Å². The van der Waals surface area contributed by atoms with Gasteiger partial charge in [0.1, 0.15) is 0 Å². The fourth-order valence-corrected chi connectivity index (χ4v) is 4.51. The van der Waals surface area contributed by atoms with Crippen molar-refractivity contribution in [3.63, 3.8) is 0 Å². The van der Waals surface area contributed by atoms with Crippen LogP contribution in [0.4, 0.5) is 0 Å². The van der Waals surface area contributed by atoms with E-state index in [4.69, 9.17) is 9.73 Å². The zero-order valence-corrected chi connectivity index (χ0v) is 19.1. The van der Waals surface area contributed by atoms with Crippen LogP contribution in [-0.4, -0.2) is 92.8 Å². The van der Waals surface area contributed by atoms with E-state index >= 15 is 0 Å². The first-order valence-corrected chi connectivity index (χ1v) is 11.9. The van der Waals surface area contributed by atoms with Gasteiger partial charge in [-0.3, -0.25) is 14.8 Å². The lowest BCUT2D eigenvalue weighted by atomic mass is 10.0.